The SMILES string of the molecule is OC(COCc1ccccc1)C1CCC1. The second kappa shape index (κ2) is 5.29. The molecule has 0 saturated heterocycles. The van der Waals surface area contributed by atoms with E-state index in [9.17, 15) is 5.11 Å². The van der Waals surface area contributed by atoms with Gasteiger partial charge in [-0.05, 0) is 24.3 Å². The number of rotatable bonds is 5. The molecule has 1 N–H and O–H groups in total. The predicted octanol–water partition coefficient (Wildman–Crippen LogP) is 2.36. The summed E-state index contributed by atoms with van der Waals surface area (Å²) in [5.41, 5.74) is 1.17. The molecule has 0 bridgehead atoms. The summed E-state index contributed by atoms with van der Waals surface area (Å²) in [6.07, 6.45) is 3.33. The summed E-state index contributed by atoms with van der Waals surface area (Å²) in [5, 5.41) is 9.72. The number of aliphatic hydroxyl groups excluding tert-OH is 1. The normalized spacial score (nSPS) is 18.5. The highest BCUT2D eigenvalue weighted by Crippen LogP contribution is 2.29. The lowest BCUT2D eigenvalue weighted by Gasteiger charge is -2.29. The molecule has 82 valence electrons. The van der Waals surface area contributed by atoms with Gasteiger partial charge in [-0.15, -0.1) is 0 Å². The molecule has 1 saturated carbocycles. The zero-order chi connectivity index (χ0) is 10.5. The monoisotopic (exact) mass is 206 g/mol. The zero-order valence-electron chi connectivity index (χ0n) is 8.93. The molecule has 1 aromatic carbocycles. The molecule has 2 nitrogen and oxygen atoms in total. The lowest BCUT2D eigenvalue weighted by atomic mass is 9.81. The van der Waals surface area contributed by atoms with Crippen molar-refractivity contribution in [1.29, 1.82) is 0 Å². The van der Waals surface area contributed by atoms with E-state index in [2.05, 4.69) is 0 Å². The van der Waals surface area contributed by atoms with Crippen LogP contribution in [0, 0.1) is 5.92 Å². The lowest BCUT2D eigenvalue weighted by molar-refractivity contribution is -0.0222. The largest absolute Gasteiger partial charge is 0.390 e. The fourth-order valence-corrected chi connectivity index (χ4v) is 1.83. The van der Waals surface area contributed by atoms with Crippen LogP contribution < -0.4 is 0 Å². The third kappa shape index (κ3) is 3.05. The first-order valence-corrected chi connectivity index (χ1v) is 5.66. The minimum atomic E-state index is -0.262. The van der Waals surface area contributed by atoms with Gasteiger partial charge in [-0.3, -0.25) is 0 Å². The highest BCUT2D eigenvalue weighted by atomic mass is 16.5. The molecule has 1 aromatic rings. The molecule has 1 unspecified atom stereocenters. The first kappa shape index (κ1) is 10.7. The van der Waals surface area contributed by atoms with Crippen molar-refractivity contribution >= 4 is 0 Å². The van der Waals surface area contributed by atoms with Gasteiger partial charge in [0.15, 0.2) is 0 Å². The van der Waals surface area contributed by atoms with Crippen LogP contribution in [0.1, 0.15) is 24.8 Å². The summed E-state index contributed by atoms with van der Waals surface area (Å²) in [7, 11) is 0. The van der Waals surface area contributed by atoms with E-state index in [-0.39, 0.29) is 6.10 Å². The fraction of sp³-hybridized carbons (Fsp3) is 0.538. The van der Waals surface area contributed by atoms with Crippen molar-refractivity contribution in [3.8, 4) is 0 Å². The molecule has 0 aromatic heterocycles. The highest BCUT2D eigenvalue weighted by molar-refractivity contribution is 5.13. The van der Waals surface area contributed by atoms with E-state index in [4.69, 9.17) is 4.74 Å². The van der Waals surface area contributed by atoms with E-state index in [1.54, 1.807) is 0 Å². The van der Waals surface area contributed by atoms with Crippen molar-refractivity contribution in [2.75, 3.05) is 6.61 Å². The summed E-state index contributed by atoms with van der Waals surface area (Å²) in [5.74, 6) is 0.487. The number of aliphatic hydroxyl groups is 1. The minimum absolute atomic E-state index is 0.262. The van der Waals surface area contributed by atoms with E-state index < -0.39 is 0 Å². The number of benzene rings is 1. The predicted molar refractivity (Wildman–Crippen MR) is 59.4 cm³/mol. The second-order valence-corrected chi connectivity index (χ2v) is 4.26. The molecule has 2 heteroatoms. The lowest BCUT2D eigenvalue weighted by Crippen LogP contribution is -2.30. The third-order valence-corrected chi connectivity index (χ3v) is 3.09. The van der Waals surface area contributed by atoms with Crippen molar-refractivity contribution in [2.24, 2.45) is 5.92 Å². The van der Waals surface area contributed by atoms with Gasteiger partial charge in [0.25, 0.3) is 0 Å². The van der Waals surface area contributed by atoms with Gasteiger partial charge in [-0.2, -0.15) is 0 Å². The first-order valence-electron chi connectivity index (χ1n) is 5.66. The fourth-order valence-electron chi connectivity index (χ4n) is 1.83. The van der Waals surface area contributed by atoms with Crippen LogP contribution >= 0.6 is 0 Å². The molecule has 0 spiro atoms. The molecule has 1 fully saturated rings. The Balaban J connectivity index is 1.66. The van der Waals surface area contributed by atoms with Crippen molar-refractivity contribution in [3.05, 3.63) is 35.9 Å². The highest BCUT2D eigenvalue weighted by Gasteiger charge is 2.25. The van der Waals surface area contributed by atoms with Crippen LogP contribution in [0.4, 0.5) is 0 Å². The Kier molecular flexibility index (Phi) is 3.75. The van der Waals surface area contributed by atoms with Gasteiger partial charge < -0.3 is 9.84 Å². The van der Waals surface area contributed by atoms with E-state index in [1.807, 2.05) is 30.3 Å². The maximum atomic E-state index is 9.72. The molecule has 2 rings (SSSR count). The van der Waals surface area contributed by atoms with Gasteiger partial charge >= 0.3 is 0 Å². The maximum Gasteiger partial charge on any atom is 0.0801 e. The number of hydrogen-bond donors (Lipinski definition) is 1. The average molecular weight is 206 g/mol. The van der Waals surface area contributed by atoms with Gasteiger partial charge in [0.1, 0.15) is 0 Å². The van der Waals surface area contributed by atoms with Crippen LogP contribution in [-0.2, 0) is 11.3 Å². The van der Waals surface area contributed by atoms with E-state index in [0.717, 1.165) is 12.8 Å². The molecule has 0 radical (unpaired) electrons. The van der Waals surface area contributed by atoms with Crippen LogP contribution in [0.25, 0.3) is 0 Å². The van der Waals surface area contributed by atoms with Crippen LogP contribution in [0.5, 0.6) is 0 Å². The van der Waals surface area contributed by atoms with E-state index >= 15 is 0 Å². The maximum absolute atomic E-state index is 9.72. The quantitative estimate of drug-likeness (QED) is 0.801. The van der Waals surface area contributed by atoms with Crippen LogP contribution in [0.3, 0.4) is 0 Å². The van der Waals surface area contributed by atoms with Crippen molar-refractivity contribution in [3.63, 3.8) is 0 Å². The smallest absolute Gasteiger partial charge is 0.0801 e. The minimum Gasteiger partial charge on any atom is -0.390 e. The Morgan fingerprint density at radius 2 is 2.00 bits per heavy atom. The van der Waals surface area contributed by atoms with Gasteiger partial charge in [0.05, 0.1) is 19.3 Å². The standard InChI is InChI=1S/C13H18O2/c14-13(12-7-4-8-12)10-15-9-11-5-2-1-3-6-11/h1-3,5-6,12-14H,4,7-10H2. The van der Waals surface area contributed by atoms with Crippen molar-refractivity contribution in [1.82, 2.24) is 0 Å². The zero-order valence-corrected chi connectivity index (χ0v) is 8.93. The molecular weight excluding hydrogens is 188 g/mol. The first-order chi connectivity index (χ1) is 7.36. The van der Waals surface area contributed by atoms with Gasteiger partial charge in [0.2, 0.25) is 0 Å². The van der Waals surface area contributed by atoms with Gasteiger partial charge in [-0.1, -0.05) is 36.8 Å². The van der Waals surface area contributed by atoms with E-state index in [1.165, 1.54) is 12.0 Å². The Morgan fingerprint density at radius 1 is 1.27 bits per heavy atom. The molecule has 0 heterocycles. The second-order valence-electron chi connectivity index (χ2n) is 4.26. The summed E-state index contributed by atoms with van der Waals surface area (Å²) in [6.45, 7) is 1.07. The van der Waals surface area contributed by atoms with Crippen LogP contribution in [-0.4, -0.2) is 17.8 Å². The molecule has 0 aliphatic heterocycles. The molecule has 1 aliphatic carbocycles. The van der Waals surface area contributed by atoms with Gasteiger partial charge in [-0.25, -0.2) is 0 Å². The number of hydrogen-bond acceptors (Lipinski definition) is 2. The summed E-state index contributed by atoms with van der Waals surface area (Å²) in [4.78, 5) is 0. The molecular formula is C13H18O2. The molecule has 15 heavy (non-hydrogen) atoms. The topological polar surface area (TPSA) is 29.5 Å². The Bertz CT molecular complexity index is 280. The van der Waals surface area contributed by atoms with Crippen molar-refractivity contribution in [2.45, 2.75) is 32.0 Å². The number of ether oxygens (including phenoxy) is 1. The Morgan fingerprint density at radius 3 is 2.60 bits per heavy atom. The average Bonchev–Trinajstić information content (AvgIpc) is 2.16. The molecule has 1 aliphatic rings. The van der Waals surface area contributed by atoms with Gasteiger partial charge in [0, 0.05) is 0 Å². The Labute approximate surface area is 90.9 Å². The molecule has 0 amide bonds. The van der Waals surface area contributed by atoms with Crippen LogP contribution in [0.15, 0.2) is 30.3 Å². The van der Waals surface area contributed by atoms with Crippen molar-refractivity contribution < 1.29 is 9.84 Å². The summed E-state index contributed by atoms with van der Waals surface area (Å²) >= 11 is 0. The summed E-state index contributed by atoms with van der Waals surface area (Å²) in [6, 6.07) is 10.1. The third-order valence-electron chi connectivity index (χ3n) is 3.09. The molecule has 1 atom stereocenters. The summed E-state index contributed by atoms with van der Waals surface area (Å²) < 4.78 is 5.49. The Hall–Kier alpha value is -0.860. The van der Waals surface area contributed by atoms with Crippen LogP contribution in [0.2, 0.25) is 0 Å². The van der Waals surface area contributed by atoms with E-state index in [0.29, 0.717) is 19.1 Å².